The topological polar surface area (TPSA) is 487 Å². The Morgan fingerprint density at radius 2 is 1.00 bits per heavy atom. The van der Waals surface area contributed by atoms with Gasteiger partial charge in [-0.25, -0.2) is 4.79 Å². The van der Waals surface area contributed by atoms with Gasteiger partial charge >= 0.3 is 5.97 Å². The van der Waals surface area contributed by atoms with Crippen LogP contribution < -0.4 is 0 Å². The molecule has 2 saturated heterocycles. The van der Waals surface area contributed by atoms with Crippen LogP contribution in [0.15, 0.2) is 0 Å². The molecule has 19 atom stereocenters. The van der Waals surface area contributed by atoms with Crippen LogP contribution in [0.25, 0.3) is 0 Å². The lowest BCUT2D eigenvalue weighted by Crippen LogP contribution is -2.64. The number of aliphatic hydroxyl groups excluding tert-OH is 20. The molecule has 0 radical (unpaired) electrons. The van der Waals surface area contributed by atoms with E-state index >= 15 is 0 Å². The Kier molecular flexibility index (Phi) is 27.1. The maximum atomic E-state index is 9.94. The van der Waals surface area contributed by atoms with Crippen molar-refractivity contribution in [1.29, 1.82) is 0 Å². The van der Waals surface area contributed by atoms with Gasteiger partial charge in [-0.1, -0.05) is 0 Å². The van der Waals surface area contributed by atoms with Crippen LogP contribution in [0, 0.1) is 0 Å². The maximum absolute atomic E-state index is 9.94. The summed E-state index contributed by atoms with van der Waals surface area (Å²) in [6.45, 7) is -2.36. The molecule has 0 aromatic rings. The zero-order chi connectivity index (χ0) is 41.9. The average molecular weight is 795 g/mol. The van der Waals surface area contributed by atoms with Gasteiger partial charge in [-0.2, -0.15) is 0 Å². The fraction of sp³-hybridized carbons (Fsp3) is 0.926. The molecule has 2 heterocycles. The number of carboxylic acids is 1. The lowest BCUT2D eigenvalue weighted by molar-refractivity contribution is -0.355. The van der Waals surface area contributed by atoms with Gasteiger partial charge in [-0.05, 0) is 6.92 Å². The van der Waals surface area contributed by atoms with Crippen molar-refractivity contribution in [2.75, 3.05) is 33.0 Å². The highest BCUT2D eigenvalue weighted by Gasteiger charge is 2.50. The molecule has 0 aromatic carbocycles. The number of hydrogen-bond donors (Lipinski definition) is 21. The molecule has 0 amide bonds. The minimum atomic E-state index is -1.79. The summed E-state index contributed by atoms with van der Waals surface area (Å²) in [6, 6.07) is 0. The number of carboxylic acid groups (broad SMARTS) is 1. The molecule has 0 aromatic heterocycles. The van der Waals surface area contributed by atoms with E-state index in [0.29, 0.717) is 0 Å². The smallest absolute Gasteiger partial charge is 0.332 e. The Bertz CT molecular complexity index is 946. The van der Waals surface area contributed by atoms with Crippen molar-refractivity contribution in [2.24, 2.45) is 0 Å². The van der Waals surface area contributed by atoms with Crippen LogP contribution in [-0.4, -0.2) is 269 Å². The third kappa shape index (κ3) is 17.3. The van der Waals surface area contributed by atoms with Crippen LogP contribution >= 0.6 is 0 Å². The zero-order valence-corrected chi connectivity index (χ0v) is 28.0. The fourth-order valence-electron chi connectivity index (χ4n) is 3.86. The second kappa shape index (κ2) is 26.9. The number of carbonyl (C=O) groups excluding carboxylic acids is 1. The van der Waals surface area contributed by atoms with E-state index in [9.17, 15) is 45.3 Å². The summed E-state index contributed by atoms with van der Waals surface area (Å²) in [5.74, 6) is -1.19. The normalized spacial score (nSPS) is 33.6. The first kappa shape index (κ1) is 53.3. The quantitative estimate of drug-likeness (QED) is 0.0684. The monoisotopic (exact) mass is 794 g/mol. The molecule has 0 saturated carbocycles. The first-order valence-corrected chi connectivity index (χ1v) is 15.4. The lowest BCUT2D eigenvalue weighted by atomic mass is 9.97. The Morgan fingerprint density at radius 1 is 0.604 bits per heavy atom. The van der Waals surface area contributed by atoms with E-state index in [0.717, 1.165) is 0 Å². The van der Waals surface area contributed by atoms with Gasteiger partial charge < -0.3 is 126 Å². The van der Waals surface area contributed by atoms with Crippen molar-refractivity contribution in [3.05, 3.63) is 0 Å². The van der Waals surface area contributed by atoms with E-state index in [1.807, 2.05) is 0 Å². The molecule has 21 N–H and O–H groups in total. The molecule has 1 unspecified atom stereocenters. The van der Waals surface area contributed by atoms with Gasteiger partial charge in [0.2, 0.25) is 0 Å². The Morgan fingerprint density at radius 3 is 1.34 bits per heavy atom. The van der Waals surface area contributed by atoms with Gasteiger partial charge in [0.15, 0.2) is 18.9 Å². The zero-order valence-electron chi connectivity index (χ0n) is 28.0. The van der Waals surface area contributed by atoms with Crippen LogP contribution in [0.5, 0.6) is 0 Å². The summed E-state index contributed by atoms with van der Waals surface area (Å²) >= 11 is 0. The molecule has 26 nitrogen and oxygen atoms in total. The molecule has 0 spiro atoms. The van der Waals surface area contributed by atoms with Crippen molar-refractivity contribution in [3.8, 4) is 0 Å². The largest absolute Gasteiger partial charge is 0.479 e. The number of carbonyl (C=O) groups is 2. The number of aliphatic carboxylic acids is 1. The average Bonchev–Trinajstić information content (AvgIpc) is 3.15. The fourth-order valence-corrected chi connectivity index (χ4v) is 3.86. The van der Waals surface area contributed by atoms with Gasteiger partial charge in [0.1, 0.15) is 104 Å². The first-order chi connectivity index (χ1) is 24.5. The summed E-state index contributed by atoms with van der Waals surface area (Å²) in [5, 5.41) is 188. The third-order valence-electron chi connectivity index (χ3n) is 7.27. The summed E-state index contributed by atoms with van der Waals surface area (Å²) in [6.07, 6.45) is -30.0. The Hall–Kier alpha value is -1.78. The van der Waals surface area contributed by atoms with Gasteiger partial charge in [0.25, 0.3) is 0 Å². The molecule has 2 fully saturated rings. The number of aldehydes is 1. The van der Waals surface area contributed by atoms with Crippen LogP contribution in [-0.2, 0) is 23.8 Å². The molecule has 0 aliphatic carbocycles. The van der Waals surface area contributed by atoms with Crippen LogP contribution in [0.1, 0.15) is 6.92 Å². The Balaban J connectivity index is 0. The molecule has 2 rings (SSSR count). The third-order valence-corrected chi connectivity index (χ3v) is 7.27. The summed E-state index contributed by atoms with van der Waals surface area (Å²) < 4.78 is 15.3. The maximum Gasteiger partial charge on any atom is 0.332 e. The molecular formula is C27H54O26. The van der Waals surface area contributed by atoms with Crippen molar-refractivity contribution >= 4 is 12.3 Å². The van der Waals surface area contributed by atoms with Crippen LogP contribution in [0.4, 0.5) is 0 Å². The second-order valence-electron chi connectivity index (χ2n) is 11.4. The van der Waals surface area contributed by atoms with Gasteiger partial charge in [0.05, 0.1) is 33.0 Å². The van der Waals surface area contributed by atoms with E-state index in [4.69, 9.17) is 85.7 Å². The lowest BCUT2D eigenvalue weighted by Gasteiger charge is -2.45. The SMILES string of the molecule is CC(O)C(=O)O.O=C[C@H](O)[C@@H](O)[C@H](O)[C@H](O)CO.OC[C@@H](O)[C@@H](O)[C@H](O)[C@H](O)CO.OC[C@H]1O[C@H](O[C@H]2[C@H](O)[C@@H](O)[C@H](O)O[C@@H]2CO)[C@H](O)[C@@H](O)[C@@H]1O. The summed E-state index contributed by atoms with van der Waals surface area (Å²) in [7, 11) is 0. The predicted molar refractivity (Wildman–Crippen MR) is 163 cm³/mol. The standard InChI is InChI=1S/C12H22O11.C6H14O6.C6H12O6.C3H6O3/c13-1-3-5(15)6(16)9(19)12(22-3)23-10-4(2-14)21-11(20)8(18)7(10)17;2*7-1-3(9)5(11)6(12)4(10)2-8;1-2(4)3(5)6/h3-20H,1-2H2;3-12H,1-2H2;1,3-6,8-12H,2H2;2,4H,1H3,(H,5,6)/t3-,4-,5-,6+,7-,8-,9-,10-,11-,12-;3-,4-,5-,6-;3-,4+,5+,6+;/m110./s1. The second-order valence-corrected chi connectivity index (χ2v) is 11.4. The van der Waals surface area contributed by atoms with E-state index in [2.05, 4.69) is 0 Å². The van der Waals surface area contributed by atoms with Gasteiger partial charge in [0, 0.05) is 0 Å². The van der Waals surface area contributed by atoms with Crippen molar-refractivity contribution < 1.29 is 131 Å². The van der Waals surface area contributed by atoms with Crippen molar-refractivity contribution in [2.45, 2.75) is 123 Å². The van der Waals surface area contributed by atoms with Gasteiger partial charge in [-0.3, -0.25) is 0 Å². The van der Waals surface area contributed by atoms with Gasteiger partial charge in [-0.15, -0.1) is 0 Å². The minimum absolute atomic E-state index is 0.0258. The molecule has 318 valence electrons. The number of ether oxygens (including phenoxy) is 3. The number of rotatable bonds is 15. The molecule has 2 aliphatic rings. The predicted octanol–water partition coefficient (Wildman–Crippen LogP) is -12.9. The summed E-state index contributed by atoms with van der Waals surface area (Å²) in [5.41, 5.74) is 0. The molecule has 0 bridgehead atoms. The van der Waals surface area contributed by atoms with Crippen LogP contribution in [0.2, 0.25) is 0 Å². The highest BCUT2D eigenvalue weighted by molar-refractivity contribution is 5.71. The van der Waals surface area contributed by atoms with Crippen LogP contribution in [0.3, 0.4) is 0 Å². The minimum Gasteiger partial charge on any atom is -0.479 e. The van der Waals surface area contributed by atoms with Crippen molar-refractivity contribution in [3.63, 3.8) is 0 Å². The van der Waals surface area contributed by atoms with Crippen molar-refractivity contribution in [1.82, 2.24) is 0 Å². The van der Waals surface area contributed by atoms with E-state index < -0.39 is 155 Å². The van der Waals surface area contributed by atoms with E-state index in [1.54, 1.807) is 0 Å². The molecule has 53 heavy (non-hydrogen) atoms. The summed E-state index contributed by atoms with van der Waals surface area (Å²) in [4.78, 5) is 19.3. The van der Waals surface area contributed by atoms with E-state index in [1.165, 1.54) is 6.92 Å². The highest BCUT2D eigenvalue weighted by Crippen LogP contribution is 2.28. The highest BCUT2D eigenvalue weighted by atomic mass is 16.7. The Labute approximate surface area is 300 Å². The first-order valence-electron chi connectivity index (χ1n) is 15.4. The molecular weight excluding hydrogens is 740 g/mol. The van der Waals surface area contributed by atoms with E-state index in [-0.39, 0.29) is 6.29 Å². The molecule has 26 heteroatoms. The molecule has 2 aliphatic heterocycles. The number of hydrogen-bond acceptors (Lipinski definition) is 25. The number of aliphatic hydroxyl groups is 20.